The van der Waals surface area contributed by atoms with Crippen LogP contribution in [0, 0.1) is 5.92 Å². The molecule has 0 radical (unpaired) electrons. The Balaban J connectivity index is 1.77. The summed E-state index contributed by atoms with van der Waals surface area (Å²) in [5, 5.41) is 3.08. The molecule has 0 spiro atoms. The smallest absolute Gasteiger partial charge is 0.251 e. The molecule has 1 aliphatic carbocycles. The summed E-state index contributed by atoms with van der Waals surface area (Å²) in [5.74, 6) is 0.0768. The van der Waals surface area contributed by atoms with Gasteiger partial charge in [-0.1, -0.05) is 25.3 Å². The number of carbonyl (C=O) groups is 1. The highest BCUT2D eigenvalue weighted by Gasteiger charge is 2.31. The minimum absolute atomic E-state index is 0.00576. The average molecular weight is 394 g/mol. The molecule has 1 aliphatic heterocycles. The minimum Gasteiger partial charge on any atom is -0.349 e. The Morgan fingerprint density at radius 3 is 2.67 bits per heavy atom. The van der Waals surface area contributed by atoms with Crippen LogP contribution in [0.25, 0.3) is 0 Å². The van der Waals surface area contributed by atoms with E-state index in [1.807, 2.05) is 6.92 Å². The quantitative estimate of drug-likeness (QED) is 0.804. The van der Waals surface area contributed by atoms with Gasteiger partial charge < -0.3 is 11.1 Å². The Morgan fingerprint density at radius 2 is 1.93 bits per heavy atom. The van der Waals surface area contributed by atoms with Gasteiger partial charge in [-0.15, -0.1) is 0 Å². The van der Waals surface area contributed by atoms with Crippen molar-refractivity contribution in [2.75, 3.05) is 13.1 Å². The second-order valence-corrected chi connectivity index (χ2v) is 9.74. The molecule has 6 nitrogen and oxygen atoms in total. The number of carbonyl (C=O) groups excluding carboxylic acids is 1. The van der Waals surface area contributed by atoms with Gasteiger partial charge in [0.15, 0.2) is 0 Å². The lowest BCUT2D eigenvalue weighted by molar-refractivity contribution is 0.0908. The maximum atomic E-state index is 13.0. The Bertz CT molecular complexity index is 765. The van der Waals surface area contributed by atoms with Crippen LogP contribution in [0.2, 0.25) is 0 Å². The number of hydrogen-bond donors (Lipinski definition) is 2. The van der Waals surface area contributed by atoms with Gasteiger partial charge in [-0.25, -0.2) is 8.42 Å². The summed E-state index contributed by atoms with van der Waals surface area (Å²) in [6.45, 7) is 3.05. The van der Waals surface area contributed by atoms with Crippen LogP contribution in [0.1, 0.15) is 62.2 Å². The lowest BCUT2D eigenvalue weighted by Crippen LogP contribution is -2.44. The summed E-state index contributed by atoms with van der Waals surface area (Å²) in [4.78, 5) is 12.9. The lowest BCUT2D eigenvalue weighted by atomic mass is 9.84. The molecule has 2 aliphatic rings. The summed E-state index contributed by atoms with van der Waals surface area (Å²) in [6.07, 6.45) is 7.01. The van der Waals surface area contributed by atoms with Gasteiger partial charge in [0.2, 0.25) is 10.0 Å². The fraction of sp³-hybridized carbons (Fsp3) is 0.650. The first-order valence-corrected chi connectivity index (χ1v) is 11.5. The third-order valence-corrected chi connectivity index (χ3v) is 7.98. The normalized spacial score (nSPS) is 27.3. The summed E-state index contributed by atoms with van der Waals surface area (Å²) in [6, 6.07) is 6.47. The zero-order chi connectivity index (χ0) is 19.4. The first kappa shape index (κ1) is 20.3. The first-order chi connectivity index (χ1) is 12.9. The molecule has 1 amide bonds. The van der Waals surface area contributed by atoms with E-state index in [-0.39, 0.29) is 22.9 Å². The van der Waals surface area contributed by atoms with Crippen LogP contribution in [0.3, 0.4) is 0 Å². The van der Waals surface area contributed by atoms with Gasteiger partial charge in [0.1, 0.15) is 0 Å². The highest BCUT2D eigenvalue weighted by atomic mass is 32.2. The Hall–Kier alpha value is -1.44. The molecule has 1 saturated carbocycles. The zero-order valence-electron chi connectivity index (χ0n) is 16.1. The number of piperidine rings is 1. The van der Waals surface area contributed by atoms with Crippen molar-refractivity contribution in [2.24, 2.45) is 11.7 Å². The van der Waals surface area contributed by atoms with Crippen LogP contribution in [0.4, 0.5) is 0 Å². The van der Waals surface area contributed by atoms with Crippen LogP contribution >= 0.6 is 0 Å². The molecule has 3 unspecified atom stereocenters. The van der Waals surface area contributed by atoms with E-state index in [2.05, 4.69) is 5.32 Å². The number of nitrogens with zero attached hydrogens (tertiary/aromatic N) is 1. The number of sulfonamides is 1. The number of hydrogen-bond acceptors (Lipinski definition) is 4. The molecule has 1 heterocycles. The largest absolute Gasteiger partial charge is 0.349 e. The third-order valence-electron chi connectivity index (χ3n) is 5.97. The Labute approximate surface area is 162 Å². The van der Waals surface area contributed by atoms with E-state index in [0.29, 0.717) is 24.6 Å². The second kappa shape index (κ2) is 8.71. The fourth-order valence-corrected chi connectivity index (χ4v) is 6.04. The summed E-state index contributed by atoms with van der Waals surface area (Å²) in [5.41, 5.74) is 6.24. The van der Waals surface area contributed by atoms with Crippen molar-refractivity contribution in [3.63, 3.8) is 0 Å². The van der Waals surface area contributed by atoms with Crippen LogP contribution in [-0.4, -0.2) is 43.8 Å². The molecule has 1 aromatic carbocycles. The molecule has 0 bridgehead atoms. The third kappa shape index (κ3) is 4.52. The highest BCUT2D eigenvalue weighted by molar-refractivity contribution is 7.89. The SMILES string of the molecule is CC1CCCCN1S(=O)(=O)c1cccc(C(=O)NC2CCCCC2CN)c1. The number of benzene rings is 1. The number of nitrogens with two attached hydrogens (primary N) is 1. The van der Waals surface area contributed by atoms with E-state index in [1.54, 1.807) is 22.5 Å². The molecule has 3 rings (SSSR count). The van der Waals surface area contributed by atoms with Crippen molar-refractivity contribution >= 4 is 15.9 Å². The molecule has 150 valence electrons. The molecule has 1 saturated heterocycles. The van der Waals surface area contributed by atoms with Crippen LogP contribution < -0.4 is 11.1 Å². The fourth-order valence-electron chi connectivity index (χ4n) is 4.29. The van der Waals surface area contributed by atoms with E-state index in [0.717, 1.165) is 44.9 Å². The molecule has 2 fully saturated rings. The summed E-state index contributed by atoms with van der Waals surface area (Å²) < 4.78 is 27.6. The maximum Gasteiger partial charge on any atom is 0.251 e. The molecule has 3 N–H and O–H groups in total. The number of rotatable bonds is 5. The number of nitrogens with one attached hydrogen (secondary N) is 1. The molecular formula is C20H31N3O3S. The van der Waals surface area contributed by atoms with Crippen molar-refractivity contribution < 1.29 is 13.2 Å². The van der Waals surface area contributed by atoms with E-state index in [9.17, 15) is 13.2 Å². The highest BCUT2D eigenvalue weighted by Crippen LogP contribution is 2.26. The van der Waals surface area contributed by atoms with Crippen molar-refractivity contribution in [3.05, 3.63) is 29.8 Å². The van der Waals surface area contributed by atoms with Gasteiger partial charge in [0.25, 0.3) is 5.91 Å². The van der Waals surface area contributed by atoms with E-state index in [4.69, 9.17) is 5.73 Å². The van der Waals surface area contributed by atoms with Crippen molar-refractivity contribution in [1.82, 2.24) is 9.62 Å². The predicted octanol–water partition coefficient (Wildman–Crippen LogP) is 2.50. The van der Waals surface area contributed by atoms with Crippen molar-refractivity contribution in [2.45, 2.75) is 68.8 Å². The van der Waals surface area contributed by atoms with E-state index in [1.165, 1.54) is 6.07 Å². The van der Waals surface area contributed by atoms with Gasteiger partial charge >= 0.3 is 0 Å². The van der Waals surface area contributed by atoms with Gasteiger partial charge in [-0.05, 0) is 63.3 Å². The minimum atomic E-state index is -3.58. The molecule has 1 aromatic rings. The predicted molar refractivity (Wildman–Crippen MR) is 106 cm³/mol. The monoisotopic (exact) mass is 393 g/mol. The zero-order valence-corrected chi connectivity index (χ0v) is 16.9. The summed E-state index contributed by atoms with van der Waals surface area (Å²) >= 11 is 0. The molecule has 3 atom stereocenters. The topological polar surface area (TPSA) is 92.5 Å². The Kier molecular flexibility index (Phi) is 6.55. The average Bonchev–Trinajstić information content (AvgIpc) is 2.68. The van der Waals surface area contributed by atoms with E-state index < -0.39 is 10.0 Å². The van der Waals surface area contributed by atoms with E-state index >= 15 is 0 Å². The first-order valence-electron chi connectivity index (χ1n) is 10.1. The Morgan fingerprint density at radius 1 is 1.19 bits per heavy atom. The van der Waals surface area contributed by atoms with Crippen LogP contribution in [0.5, 0.6) is 0 Å². The van der Waals surface area contributed by atoms with Crippen LogP contribution in [-0.2, 0) is 10.0 Å². The molecule has 27 heavy (non-hydrogen) atoms. The lowest BCUT2D eigenvalue weighted by Gasteiger charge is -2.32. The second-order valence-electron chi connectivity index (χ2n) is 7.85. The maximum absolute atomic E-state index is 13.0. The van der Waals surface area contributed by atoms with Crippen LogP contribution in [0.15, 0.2) is 29.2 Å². The van der Waals surface area contributed by atoms with Gasteiger partial charge in [-0.3, -0.25) is 4.79 Å². The van der Waals surface area contributed by atoms with Crippen molar-refractivity contribution in [3.8, 4) is 0 Å². The van der Waals surface area contributed by atoms with Gasteiger partial charge in [-0.2, -0.15) is 4.31 Å². The molecule has 0 aromatic heterocycles. The van der Waals surface area contributed by atoms with Gasteiger partial charge in [0.05, 0.1) is 4.90 Å². The van der Waals surface area contributed by atoms with Crippen molar-refractivity contribution in [1.29, 1.82) is 0 Å². The van der Waals surface area contributed by atoms with Gasteiger partial charge in [0, 0.05) is 24.2 Å². The number of amides is 1. The summed E-state index contributed by atoms with van der Waals surface area (Å²) in [7, 11) is -3.58. The molecule has 7 heteroatoms. The standard InChI is InChI=1S/C20H31N3O3S/c1-15-7-4-5-12-23(15)27(25,26)18-10-6-9-16(13-18)20(24)22-19-11-3-2-8-17(19)14-21/h6,9-10,13,15,17,19H,2-5,7-8,11-12,14,21H2,1H3,(H,22,24). The molecular weight excluding hydrogens is 362 g/mol.